The molecule has 1 N–H and O–H groups in total. The molecular formula is C21H27N2O+. The van der Waals surface area contributed by atoms with Crippen LogP contribution in [0.2, 0.25) is 0 Å². The van der Waals surface area contributed by atoms with Crippen molar-refractivity contribution < 1.29 is 9.67 Å². The van der Waals surface area contributed by atoms with Crippen molar-refractivity contribution in [2.24, 2.45) is 0 Å². The molecule has 0 aliphatic rings. The zero-order valence-electron chi connectivity index (χ0n) is 15.3. The van der Waals surface area contributed by atoms with Crippen molar-refractivity contribution in [3.05, 3.63) is 64.0 Å². The Morgan fingerprint density at radius 3 is 2.08 bits per heavy atom. The van der Waals surface area contributed by atoms with E-state index in [0.717, 1.165) is 6.54 Å². The smallest absolute Gasteiger partial charge is 0.245 e. The summed E-state index contributed by atoms with van der Waals surface area (Å²) in [7, 11) is 0. The van der Waals surface area contributed by atoms with Gasteiger partial charge in [0.05, 0.1) is 6.61 Å². The minimum absolute atomic E-state index is 0.152. The molecule has 24 heavy (non-hydrogen) atoms. The number of nitrogens with zero attached hydrogens (tertiary/aromatic N) is 2. The van der Waals surface area contributed by atoms with E-state index in [1.165, 1.54) is 44.4 Å². The number of aromatic nitrogens is 2. The van der Waals surface area contributed by atoms with E-state index in [4.69, 9.17) is 0 Å². The minimum Gasteiger partial charge on any atom is -0.392 e. The average Bonchev–Trinajstić information content (AvgIpc) is 2.93. The first-order valence-corrected chi connectivity index (χ1v) is 8.59. The molecule has 2 aromatic carbocycles. The summed E-state index contributed by atoms with van der Waals surface area (Å²) in [6, 6.07) is 8.40. The molecule has 3 aromatic rings. The molecule has 0 radical (unpaired) electrons. The fourth-order valence-corrected chi connectivity index (χ4v) is 3.64. The van der Waals surface area contributed by atoms with Gasteiger partial charge in [-0.3, -0.25) is 0 Å². The third kappa shape index (κ3) is 2.63. The quantitative estimate of drug-likeness (QED) is 0.731. The first kappa shape index (κ1) is 16.7. The Hall–Kier alpha value is -2.13. The van der Waals surface area contributed by atoms with E-state index in [9.17, 15) is 5.11 Å². The number of fused-ring (bicyclic) bond motifs is 1. The van der Waals surface area contributed by atoms with Crippen molar-refractivity contribution >= 4 is 11.0 Å². The van der Waals surface area contributed by atoms with Crippen LogP contribution in [0, 0.1) is 34.6 Å². The Morgan fingerprint density at radius 2 is 1.46 bits per heavy atom. The summed E-state index contributed by atoms with van der Waals surface area (Å²) in [5.41, 5.74) is 10.8. The van der Waals surface area contributed by atoms with Crippen LogP contribution in [0.1, 0.15) is 33.4 Å². The molecule has 0 aliphatic carbocycles. The summed E-state index contributed by atoms with van der Waals surface area (Å²) in [6.45, 7) is 12.8. The third-order valence-corrected chi connectivity index (χ3v) is 5.60. The molecule has 0 atom stereocenters. The van der Waals surface area contributed by atoms with E-state index in [1.807, 2.05) is 0 Å². The number of aliphatic hydroxyl groups is 1. The van der Waals surface area contributed by atoms with Crippen molar-refractivity contribution in [2.75, 3.05) is 6.61 Å². The third-order valence-electron chi connectivity index (χ3n) is 5.60. The van der Waals surface area contributed by atoms with Crippen molar-refractivity contribution in [1.82, 2.24) is 4.57 Å². The van der Waals surface area contributed by atoms with Gasteiger partial charge in [0.15, 0.2) is 11.0 Å². The molecule has 0 spiro atoms. The van der Waals surface area contributed by atoms with E-state index in [0.29, 0.717) is 6.54 Å². The predicted octanol–water partition coefficient (Wildman–Crippen LogP) is 3.51. The molecule has 3 nitrogen and oxygen atoms in total. The fraction of sp³-hybridized carbons (Fsp3) is 0.381. The fourth-order valence-electron chi connectivity index (χ4n) is 3.64. The lowest BCUT2D eigenvalue weighted by Gasteiger charge is -2.17. The monoisotopic (exact) mass is 323 g/mol. The Morgan fingerprint density at radius 1 is 0.875 bits per heavy atom. The van der Waals surface area contributed by atoms with Gasteiger partial charge in [0.2, 0.25) is 6.33 Å². The van der Waals surface area contributed by atoms with E-state index in [-0.39, 0.29) is 6.61 Å². The summed E-state index contributed by atoms with van der Waals surface area (Å²) < 4.78 is 4.43. The zero-order valence-corrected chi connectivity index (χ0v) is 15.3. The van der Waals surface area contributed by atoms with Crippen LogP contribution in [-0.2, 0) is 13.1 Å². The second-order valence-electron chi connectivity index (χ2n) is 6.75. The number of aliphatic hydroxyl groups excluding tert-OH is 1. The van der Waals surface area contributed by atoms with Gasteiger partial charge in [0, 0.05) is 0 Å². The van der Waals surface area contributed by atoms with Gasteiger partial charge in [-0.2, -0.15) is 0 Å². The van der Waals surface area contributed by atoms with Crippen LogP contribution in [0.25, 0.3) is 11.0 Å². The first-order chi connectivity index (χ1) is 11.5. The largest absolute Gasteiger partial charge is 0.392 e. The molecule has 0 aliphatic heterocycles. The molecule has 0 saturated carbocycles. The van der Waals surface area contributed by atoms with E-state index < -0.39 is 0 Å². The standard InChI is InChI=1S/C21H27N2O/c1-14-15(2)17(4)19(18(5)16(14)3)12-23-13-22(10-11-24)20-8-6-7-9-21(20)23/h6-9,13,24H,10-12H2,1-5H3/q+1. The van der Waals surface area contributed by atoms with Crippen LogP contribution in [0.4, 0.5) is 0 Å². The summed E-state index contributed by atoms with van der Waals surface area (Å²) in [4.78, 5) is 0. The van der Waals surface area contributed by atoms with Gasteiger partial charge in [0.25, 0.3) is 0 Å². The highest BCUT2D eigenvalue weighted by Gasteiger charge is 2.19. The Bertz CT molecular complexity index is 877. The lowest BCUT2D eigenvalue weighted by molar-refractivity contribution is -0.663. The van der Waals surface area contributed by atoms with Gasteiger partial charge in [-0.1, -0.05) is 12.1 Å². The van der Waals surface area contributed by atoms with Crippen LogP contribution in [0.3, 0.4) is 0 Å². The summed E-state index contributed by atoms with van der Waals surface area (Å²) >= 11 is 0. The topological polar surface area (TPSA) is 29.0 Å². The van der Waals surface area contributed by atoms with Crippen LogP contribution < -0.4 is 4.57 Å². The lowest BCUT2D eigenvalue weighted by Crippen LogP contribution is -2.34. The molecule has 1 heterocycles. The van der Waals surface area contributed by atoms with E-state index in [2.05, 4.69) is 74.3 Å². The van der Waals surface area contributed by atoms with Crippen LogP contribution in [0.15, 0.2) is 30.6 Å². The number of hydrogen-bond acceptors (Lipinski definition) is 1. The average molecular weight is 323 g/mol. The highest BCUT2D eigenvalue weighted by molar-refractivity contribution is 5.71. The normalized spacial score (nSPS) is 11.4. The van der Waals surface area contributed by atoms with Crippen LogP contribution in [0.5, 0.6) is 0 Å². The van der Waals surface area contributed by atoms with Gasteiger partial charge >= 0.3 is 0 Å². The highest BCUT2D eigenvalue weighted by atomic mass is 16.3. The van der Waals surface area contributed by atoms with Crippen molar-refractivity contribution in [1.29, 1.82) is 0 Å². The highest BCUT2D eigenvalue weighted by Crippen LogP contribution is 2.26. The number of benzene rings is 2. The molecule has 3 heteroatoms. The van der Waals surface area contributed by atoms with Crippen molar-refractivity contribution in [3.63, 3.8) is 0 Å². The molecule has 0 unspecified atom stereocenters. The molecule has 0 amide bonds. The maximum Gasteiger partial charge on any atom is 0.245 e. The molecule has 0 saturated heterocycles. The Kier molecular flexibility index (Phi) is 4.46. The summed E-state index contributed by atoms with van der Waals surface area (Å²) in [6.07, 6.45) is 2.13. The summed E-state index contributed by atoms with van der Waals surface area (Å²) in [5, 5.41) is 9.34. The maximum atomic E-state index is 9.34. The second kappa shape index (κ2) is 6.40. The first-order valence-electron chi connectivity index (χ1n) is 8.59. The predicted molar refractivity (Wildman–Crippen MR) is 98.4 cm³/mol. The summed E-state index contributed by atoms with van der Waals surface area (Å²) in [5.74, 6) is 0. The number of para-hydroxylation sites is 2. The van der Waals surface area contributed by atoms with Crippen LogP contribution >= 0.6 is 0 Å². The minimum atomic E-state index is 0.152. The molecule has 0 fully saturated rings. The van der Waals surface area contributed by atoms with Gasteiger partial charge in [-0.15, -0.1) is 0 Å². The Balaban J connectivity index is 2.15. The Labute approximate surface area is 144 Å². The number of rotatable bonds is 4. The molecular weight excluding hydrogens is 296 g/mol. The van der Waals surface area contributed by atoms with E-state index in [1.54, 1.807) is 0 Å². The van der Waals surface area contributed by atoms with Gasteiger partial charge in [-0.25, -0.2) is 9.13 Å². The SMILES string of the molecule is Cc1c(C)c(C)c(C[n+]2cn(CCO)c3ccccc32)c(C)c1C. The molecule has 126 valence electrons. The zero-order chi connectivity index (χ0) is 17.4. The second-order valence-corrected chi connectivity index (χ2v) is 6.75. The van der Waals surface area contributed by atoms with Gasteiger partial charge in [0.1, 0.15) is 13.1 Å². The molecule has 1 aromatic heterocycles. The van der Waals surface area contributed by atoms with Gasteiger partial charge in [-0.05, 0) is 80.1 Å². The van der Waals surface area contributed by atoms with Crippen LogP contribution in [-0.4, -0.2) is 16.3 Å². The molecule has 0 bridgehead atoms. The van der Waals surface area contributed by atoms with Gasteiger partial charge < -0.3 is 5.11 Å². The maximum absolute atomic E-state index is 9.34. The van der Waals surface area contributed by atoms with Crippen molar-refractivity contribution in [3.8, 4) is 0 Å². The number of imidazole rings is 1. The molecule has 3 rings (SSSR count). The lowest BCUT2D eigenvalue weighted by atomic mass is 9.89. The number of hydrogen-bond donors (Lipinski definition) is 1. The van der Waals surface area contributed by atoms with E-state index >= 15 is 0 Å². The van der Waals surface area contributed by atoms with Crippen molar-refractivity contribution in [2.45, 2.75) is 47.7 Å².